The molecule has 2 fully saturated rings. The van der Waals surface area contributed by atoms with E-state index < -0.39 is 0 Å². The van der Waals surface area contributed by atoms with E-state index in [1.54, 1.807) is 0 Å². The Hall–Kier alpha value is -0.120. The van der Waals surface area contributed by atoms with E-state index in [-0.39, 0.29) is 6.10 Å². The summed E-state index contributed by atoms with van der Waals surface area (Å²) in [5.74, 6) is 0.785. The van der Waals surface area contributed by atoms with E-state index in [1.165, 1.54) is 51.4 Å². The van der Waals surface area contributed by atoms with E-state index in [9.17, 15) is 5.11 Å². The molecule has 0 aromatic rings. The topological polar surface area (TPSA) is 41.5 Å². The molecule has 19 heavy (non-hydrogen) atoms. The average Bonchev–Trinajstić information content (AvgIpc) is 2.36. The minimum absolute atomic E-state index is 0.320. The van der Waals surface area contributed by atoms with Crippen molar-refractivity contribution in [3.8, 4) is 0 Å². The molecule has 2 rings (SSSR count). The zero-order valence-electron chi connectivity index (χ0n) is 12.7. The van der Waals surface area contributed by atoms with Crippen LogP contribution >= 0.6 is 0 Å². The maximum absolute atomic E-state index is 10.0. The van der Waals surface area contributed by atoms with Crippen LogP contribution in [0, 0.1) is 5.92 Å². The van der Waals surface area contributed by atoms with Gasteiger partial charge in [-0.3, -0.25) is 0 Å². The van der Waals surface area contributed by atoms with E-state index >= 15 is 0 Å². The minimum atomic E-state index is -0.360. The normalized spacial score (nSPS) is 31.7. The number of rotatable bonds is 7. The molecule has 0 aromatic heterocycles. The van der Waals surface area contributed by atoms with E-state index in [0.29, 0.717) is 24.8 Å². The van der Waals surface area contributed by atoms with Gasteiger partial charge in [-0.1, -0.05) is 26.7 Å². The molecule has 0 heterocycles. The van der Waals surface area contributed by atoms with Crippen molar-refractivity contribution in [1.29, 1.82) is 0 Å². The third kappa shape index (κ3) is 4.44. The number of nitrogens with one attached hydrogen (secondary N) is 1. The molecule has 3 heteroatoms. The van der Waals surface area contributed by atoms with Crippen LogP contribution in [0.4, 0.5) is 0 Å². The Labute approximate surface area is 118 Å². The molecule has 0 radical (unpaired) electrons. The van der Waals surface area contributed by atoms with Gasteiger partial charge >= 0.3 is 0 Å². The highest BCUT2D eigenvalue weighted by Crippen LogP contribution is 2.34. The Morgan fingerprint density at radius 1 is 1.32 bits per heavy atom. The Morgan fingerprint density at radius 3 is 2.68 bits per heavy atom. The predicted molar refractivity (Wildman–Crippen MR) is 78.3 cm³/mol. The molecule has 2 aliphatic rings. The van der Waals surface area contributed by atoms with Crippen LogP contribution in [0.5, 0.6) is 0 Å². The number of hydrogen-bond acceptors (Lipinski definition) is 3. The summed E-state index contributed by atoms with van der Waals surface area (Å²) < 4.78 is 5.88. The predicted octanol–water partition coefficient (Wildman–Crippen LogP) is 2.86. The van der Waals surface area contributed by atoms with E-state index in [1.807, 2.05) is 0 Å². The lowest BCUT2D eigenvalue weighted by Gasteiger charge is -2.43. The lowest BCUT2D eigenvalue weighted by Crippen LogP contribution is -2.53. The van der Waals surface area contributed by atoms with Gasteiger partial charge in [-0.2, -0.15) is 0 Å². The summed E-state index contributed by atoms with van der Waals surface area (Å²) >= 11 is 0. The summed E-state index contributed by atoms with van der Waals surface area (Å²) in [7, 11) is 0. The number of β-amino-alcohol motifs (C(OH)–C–C–N with tert-alkyl or cyclic N) is 1. The molecule has 2 saturated carbocycles. The largest absolute Gasteiger partial charge is 0.389 e. The monoisotopic (exact) mass is 269 g/mol. The van der Waals surface area contributed by atoms with Crippen LogP contribution in [-0.4, -0.2) is 36.0 Å². The van der Waals surface area contributed by atoms with Gasteiger partial charge in [0.05, 0.1) is 18.8 Å². The fraction of sp³-hybridized carbons (Fsp3) is 1.00. The smallest absolute Gasteiger partial charge is 0.0898 e. The zero-order chi connectivity index (χ0) is 13.7. The number of aliphatic hydroxyl groups is 1. The highest BCUT2D eigenvalue weighted by atomic mass is 16.5. The number of hydrogen-bond donors (Lipinski definition) is 2. The summed E-state index contributed by atoms with van der Waals surface area (Å²) in [4.78, 5) is 0. The minimum Gasteiger partial charge on any atom is -0.389 e. The molecule has 0 bridgehead atoms. The Morgan fingerprint density at radius 2 is 2.11 bits per heavy atom. The average molecular weight is 269 g/mol. The second-order valence-electron chi connectivity index (χ2n) is 6.75. The van der Waals surface area contributed by atoms with Gasteiger partial charge in [0.15, 0.2) is 0 Å². The van der Waals surface area contributed by atoms with Gasteiger partial charge in [-0.25, -0.2) is 0 Å². The molecule has 3 nitrogen and oxygen atoms in total. The molecule has 2 aliphatic carbocycles. The molecule has 0 aromatic carbocycles. The summed E-state index contributed by atoms with van der Waals surface area (Å²) in [6.07, 6.45) is 9.98. The first-order chi connectivity index (χ1) is 9.13. The van der Waals surface area contributed by atoms with Crippen LogP contribution in [0.2, 0.25) is 0 Å². The SMILES string of the molecule is CCC1(NCC(O)COC2CCCC(C)C2)CCC1. The molecular weight excluding hydrogens is 238 g/mol. The maximum Gasteiger partial charge on any atom is 0.0898 e. The van der Waals surface area contributed by atoms with Crippen molar-refractivity contribution in [2.75, 3.05) is 13.2 Å². The Bertz CT molecular complexity index is 260. The summed E-state index contributed by atoms with van der Waals surface area (Å²) in [5.41, 5.74) is 0.320. The van der Waals surface area contributed by atoms with Gasteiger partial charge < -0.3 is 15.2 Å². The van der Waals surface area contributed by atoms with Crippen molar-refractivity contribution < 1.29 is 9.84 Å². The molecule has 112 valence electrons. The lowest BCUT2D eigenvalue weighted by atomic mass is 9.75. The van der Waals surface area contributed by atoms with Gasteiger partial charge in [0, 0.05) is 12.1 Å². The highest BCUT2D eigenvalue weighted by molar-refractivity contribution is 4.95. The van der Waals surface area contributed by atoms with Crippen LogP contribution in [0.25, 0.3) is 0 Å². The molecule has 0 spiro atoms. The van der Waals surface area contributed by atoms with Crippen LogP contribution in [0.1, 0.15) is 65.2 Å². The van der Waals surface area contributed by atoms with Crippen molar-refractivity contribution in [2.24, 2.45) is 5.92 Å². The Balaban J connectivity index is 1.60. The third-order valence-corrected chi connectivity index (χ3v) is 5.11. The first-order valence-corrected chi connectivity index (χ1v) is 8.18. The molecular formula is C16H31NO2. The van der Waals surface area contributed by atoms with Crippen LogP contribution < -0.4 is 5.32 Å². The van der Waals surface area contributed by atoms with Crippen molar-refractivity contribution in [3.05, 3.63) is 0 Å². The Kier molecular flexibility index (Phi) is 5.67. The number of aliphatic hydroxyl groups excluding tert-OH is 1. The quantitative estimate of drug-likeness (QED) is 0.747. The second-order valence-corrected chi connectivity index (χ2v) is 6.75. The molecule has 2 N–H and O–H groups in total. The fourth-order valence-corrected chi connectivity index (χ4v) is 3.43. The van der Waals surface area contributed by atoms with E-state index in [4.69, 9.17) is 4.74 Å². The van der Waals surface area contributed by atoms with Crippen LogP contribution in [0.3, 0.4) is 0 Å². The first kappa shape index (κ1) is 15.3. The molecule has 3 unspecified atom stereocenters. The maximum atomic E-state index is 10.0. The molecule has 0 amide bonds. The van der Waals surface area contributed by atoms with Gasteiger partial charge in [0.25, 0.3) is 0 Å². The lowest BCUT2D eigenvalue weighted by molar-refractivity contribution is -0.0339. The molecule has 0 saturated heterocycles. The van der Waals surface area contributed by atoms with E-state index in [2.05, 4.69) is 19.2 Å². The highest BCUT2D eigenvalue weighted by Gasteiger charge is 2.34. The second kappa shape index (κ2) is 7.05. The third-order valence-electron chi connectivity index (χ3n) is 5.11. The molecule has 3 atom stereocenters. The summed E-state index contributed by atoms with van der Waals surface area (Å²) in [5, 5.41) is 13.6. The standard InChI is InChI=1S/C16H31NO2/c1-3-16(8-5-9-16)17-11-14(18)12-19-15-7-4-6-13(2)10-15/h13-15,17-18H,3-12H2,1-2H3. The van der Waals surface area contributed by atoms with Crippen LogP contribution in [0.15, 0.2) is 0 Å². The van der Waals surface area contributed by atoms with Gasteiger partial charge in [-0.15, -0.1) is 0 Å². The zero-order valence-corrected chi connectivity index (χ0v) is 12.7. The fourth-order valence-electron chi connectivity index (χ4n) is 3.43. The van der Waals surface area contributed by atoms with Crippen molar-refractivity contribution >= 4 is 0 Å². The van der Waals surface area contributed by atoms with E-state index in [0.717, 1.165) is 5.92 Å². The number of ether oxygens (including phenoxy) is 1. The molecule has 0 aliphatic heterocycles. The van der Waals surface area contributed by atoms with Crippen molar-refractivity contribution in [2.45, 2.75) is 83.0 Å². The van der Waals surface area contributed by atoms with Gasteiger partial charge in [0.2, 0.25) is 0 Å². The van der Waals surface area contributed by atoms with Gasteiger partial charge in [0.1, 0.15) is 0 Å². The van der Waals surface area contributed by atoms with Crippen LogP contribution in [-0.2, 0) is 4.74 Å². The van der Waals surface area contributed by atoms with Crippen molar-refractivity contribution in [3.63, 3.8) is 0 Å². The summed E-state index contributed by atoms with van der Waals surface area (Å²) in [6, 6.07) is 0. The van der Waals surface area contributed by atoms with Crippen molar-refractivity contribution in [1.82, 2.24) is 5.32 Å². The van der Waals surface area contributed by atoms with Gasteiger partial charge in [-0.05, 0) is 44.4 Å². The first-order valence-electron chi connectivity index (χ1n) is 8.18. The summed E-state index contributed by atoms with van der Waals surface area (Å²) in [6.45, 7) is 5.70.